The smallest absolute Gasteiger partial charge is 0.317 e. The van der Waals surface area contributed by atoms with E-state index in [4.69, 9.17) is 4.74 Å². The van der Waals surface area contributed by atoms with Gasteiger partial charge in [0.1, 0.15) is 0 Å². The Hall–Kier alpha value is -1.17. The molecule has 0 heterocycles. The van der Waals surface area contributed by atoms with E-state index in [1.807, 2.05) is 0 Å². The van der Waals surface area contributed by atoms with Gasteiger partial charge in [-0.25, -0.2) is 13.2 Å². The van der Waals surface area contributed by atoms with Crippen LogP contribution >= 0.6 is 0 Å². The fourth-order valence-electron chi connectivity index (χ4n) is 9.29. The van der Waals surface area contributed by atoms with Gasteiger partial charge in [0, 0.05) is 0 Å². The molecule has 0 bridgehead atoms. The van der Waals surface area contributed by atoms with Crippen LogP contribution in [-0.4, -0.2) is 12.2 Å². The number of rotatable bonds is 10. The van der Waals surface area contributed by atoms with Crippen molar-refractivity contribution in [3.8, 4) is 0 Å². The second-order valence-electron chi connectivity index (χ2n) is 14.5. The summed E-state index contributed by atoms with van der Waals surface area (Å²) in [5.41, 5.74) is 0.594. The minimum Gasteiger partial charge on any atom is -0.317 e. The average Bonchev–Trinajstić information content (AvgIpc) is 3.00. The molecule has 0 spiro atoms. The molecular weight excluding hydrogens is 543 g/mol. The molecule has 6 heteroatoms. The maximum atomic E-state index is 15.1. The Kier molecular flexibility index (Phi) is 11.3. The molecule has 1 nitrogen and oxygen atoms in total. The molecule has 1 aromatic rings. The molecule has 0 saturated heterocycles. The summed E-state index contributed by atoms with van der Waals surface area (Å²) in [6.07, 6.45) is 17.1. The Bertz CT molecular complexity index is 942. The lowest BCUT2D eigenvalue weighted by atomic mass is 9.65. The molecule has 42 heavy (non-hydrogen) atoms. The lowest BCUT2D eigenvalue weighted by molar-refractivity contribution is -0.302. The summed E-state index contributed by atoms with van der Waals surface area (Å²) in [5.74, 6) is -0.719. The van der Waals surface area contributed by atoms with Gasteiger partial charge in [-0.15, -0.1) is 0 Å². The van der Waals surface area contributed by atoms with Gasteiger partial charge >= 0.3 is 6.11 Å². The highest BCUT2D eigenvalue weighted by molar-refractivity contribution is 5.23. The molecular formula is C36H53F5O. The molecule has 0 aromatic heterocycles. The van der Waals surface area contributed by atoms with Gasteiger partial charge in [0.15, 0.2) is 17.5 Å². The molecule has 238 valence electrons. The second kappa shape index (κ2) is 14.7. The molecule has 5 rings (SSSR count). The Labute approximate surface area is 250 Å². The highest BCUT2D eigenvalue weighted by Crippen LogP contribution is 2.48. The zero-order valence-electron chi connectivity index (χ0n) is 25.7. The Balaban J connectivity index is 0.992. The first-order chi connectivity index (χ1) is 20.2. The van der Waals surface area contributed by atoms with Gasteiger partial charge in [-0.3, -0.25) is 0 Å². The summed E-state index contributed by atoms with van der Waals surface area (Å²) in [6.45, 7) is 2.21. The van der Waals surface area contributed by atoms with Crippen molar-refractivity contribution in [2.24, 2.45) is 35.5 Å². The molecule has 0 unspecified atom stereocenters. The van der Waals surface area contributed by atoms with Crippen molar-refractivity contribution in [2.75, 3.05) is 0 Å². The van der Waals surface area contributed by atoms with Gasteiger partial charge in [-0.1, -0.05) is 32.6 Å². The summed E-state index contributed by atoms with van der Waals surface area (Å²) in [5, 5.41) is 0. The van der Waals surface area contributed by atoms with Crippen LogP contribution in [0.25, 0.3) is 0 Å². The van der Waals surface area contributed by atoms with Crippen LogP contribution in [0.15, 0.2) is 12.1 Å². The van der Waals surface area contributed by atoms with Gasteiger partial charge in [-0.05, 0) is 156 Å². The van der Waals surface area contributed by atoms with Gasteiger partial charge in [0.2, 0.25) is 0 Å². The van der Waals surface area contributed by atoms with E-state index in [9.17, 15) is 13.2 Å². The number of alkyl halides is 2. The number of halogens is 5. The molecule has 4 aliphatic carbocycles. The zero-order chi connectivity index (χ0) is 29.7. The normalized spacial score (nSPS) is 34.8. The first kappa shape index (κ1) is 32.2. The van der Waals surface area contributed by atoms with Crippen LogP contribution in [0, 0.1) is 53.0 Å². The predicted octanol–water partition coefficient (Wildman–Crippen LogP) is 11.7. The SMILES string of the molecule is CCCCCC1CCC(C(F)(F)OC2CCC(C3CCC(C4CCC(c5cc(F)c(F)c(F)c5)CC4)CC3)CC2)CC1. The van der Waals surface area contributed by atoms with E-state index in [1.54, 1.807) is 0 Å². The Morgan fingerprint density at radius 1 is 0.643 bits per heavy atom. The number of hydrogen-bond acceptors (Lipinski definition) is 1. The number of benzene rings is 1. The van der Waals surface area contributed by atoms with Crippen molar-refractivity contribution in [1.82, 2.24) is 0 Å². The summed E-state index contributed by atoms with van der Waals surface area (Å²) in [4.78, 5) is 0. The van der Waals surface area contributed by atoms with E-state index in [2.05, 4.69) is 6.92 Å². The summed E-state index contributed by atoms with van der Waals surface area (Å²) in [6, 6.07) is 2.35. The molecule has 0 atom stereocenters. The maximum Gasteiger partial charge on any atom is 0.358 e. The van der Waals surface area contributed by atoms with E-state index in [1.165, 1.54) is 63.5 Å². The quantitative estimate of drug-likeness (QED) is 0.148. The number of unbranched alkanes of at least 4 members (excludes halogenated alkanes) is 2. The fourth-order valence-corrected chi connectivity index (χ4v) is 9.29. The maximum absolute atomic E-state index is 15.1. The van der Waals surface area contributed by atoms with E-state index in [-0.39, 0.29) is 12.0 Å². The van der Waals surface area contributed by atoms with Crippen molar-refractivity contribution in [3.63, 3.8) is 0 Å². The zero-order valence-corrected chi connectivity index (χ0v) is 25.7. The van der Waals surface area contributed by atoms with Crippen LogP contribution in [0.1, 0.15) is 147 Å². The topological polar surface area (TPSA) is 9.23 Å². The third kappa shape index (κ3) is 8.10. The monoisotopic (exact) mass is 596 g/mol. The van der Waals surface area contributed by atoms with Crippen LogP contribution in [0.3, 0.4) is 0 Å². The minimum absolute atomic E-state index is 0.109. The highest BCUT2D eigenvalue weighted by atomic mass is 19.3. The molecule has 4 saturated carbocycles. The van der Waals surface area contributed by atoms with Gasteiger partial charge in [0.05, 0.1) is 12.0 Å². The molecule has 0 N–H and O–H groups in total. The molecule has 0 amide bonds. The van der Waals surface area contributed by atoms with Crippen molar-refractivity contribution in [3.05, 3.63) is 35.1 Å². The minimum atomic E-state index is -2.98. The van der Waals surface area contributed by atoms with Crippen molar-refractivity contribution in [2.45, 2.75) is 153 Å². The lowest BCUT2D eigenvalue weighted by Crippen LogP contribution is -2.39. The summed E-state index contributed by atoms with van der Waals surface area (Å²) in [7, 11) is 0. The third-order valence-corrected chi connectivity index (χ3v) is 12.0. The number of hydrogen-bond donors (Lipinski definition) is 0. The molecule has 4 fully saturated rings. The van der Waals surface area contributed by atoms with Crippen LogP contribution in [0.5, 0.6) is 0 Å². The molecule has 4 aliphatic rings. The first-order valence-electron chi connectivity index (χ1n) is 17.4. The Morgan fingerprint density at radius 3 is 1.62 bits per heavy atom. The van der Waals surface area contributed by atoms with E-state index >= 15 is 8.78 Å². The van der Waals surface area contributed by atoms with E-state index < -0.39 is 29.5 Å². The summed E-state index contributed by atoms with van der Waals surface area (Å²) < 4.78 is 76.6. The van der Waals surface area contributed by atoms with Crippen molar-refractivity contribution < 1.29 is 26.7 Å². The van der Waals surface area contributed by atoms with E-state index in [0.29, 0.717) is 48.0 Å². The summed E-state index contributed by atoms with van der Waals surface area (Å²) >= 11 is 0. The molecule has 0 aliphatic heterocycles. The predicted molar refractivity (Wildman–Crippen MR) is 158 cm³/mol. The van der Waals surface area contributed by atoms with Crippen molar-refractivity contribution in [1.29, 1.82) is 0 Å². The fraction of sp³-hybridized carbons (Fsp3) is 0.833. The largest absolute Gasteiger partial charge is 0.358 e. The first-order valence-corrected chi connectivity index (χ1v) is 17.4. The third-order valence-electron chi connectivity index (χ3n) is 12.0. The number of ether oxygens (including phenoxy) is 1. The van der Waals surface area contributed by atoms with Crippen LogP contribution < -0.4 is 0 Å². The Morgan fingerprint density at radius 2 is 1.12 bits per heavy atom. The second-order valence-corrected chi connectivity index (χ2v) is 14.5. The van der Waals surface area contributed by atoms with Crippen LogP contribution in [0.2, 0.25) is 0 Å². The van der Waals surface area contributed by atoms with Gasteiger partial charge in [0.25, 0.3) is 0 Å². The average molecular weight is 597 g/mol. The van der Waals surface area contributed by atoms with E-state index in [0.717, 1.165) is 64.2 Å². The lowest BCUT2D eigenvalue weighted by Gasteiger charge is -2.42. The standard InChI is InChI=1S/C36H53F5O/c1-2-3-4-5-24-6-18-31(19-7-24)36(40,41)42-32-20-16-28(17-21-32)27-10-8-25(9-11-27)26-12-14-29(15-13-26)30-22-33(37)35(39)34(38)23-30/h22-29,31-32H,2-21H2,1H3. The highest BCUT2D eigenvalue weighted by Gasteiger charge is 2.45. The molecule has 0 radical (unpaired) electrons. The van der Waals surface area contributed by atoms with Crippen LogP contribution in [0.4, 0.5) is 22.0 Å². The molecule has 1 aromatic carbocycles. The van der Waals surface area contributed by atoms with Gasteiger partial charge < -0.3 is 4.74 Å². The van der Waals surface area contributed by atoms with Gasteiger partial charge in [-0.2, -0.15) is 8.78 Å². The van der Waals surface area contributed by atoms with Crippen LogP contribution in [-0.2, 0) is 4.74 Å². The van der Waals surface area contributed by atoms with Crippen molar-refractivity contribution >= 4 is 0 Å².